The molecule has 1 aromatic heterocycles. The van der Waals surface area contributed by atoms with Crippen LogP contribution >= 0.6 is 0 Å². The quantitative estimate of drug-likeness (QED) is 0.796. The Kier molecular flexibility index (Phi) is 3.37. The summed E-state index contributed by atoms with van der Waals surface area (Å²) >= 11 is 0. The average Bonchev–Trinajstić information content (AvgIpc) is 2.35. The molecular weight excluding hydrogens is 200 g/mol. The minimum absolute atomic E-state index is 0.545. The van der Waals surface area contributed by atoms with Crippen LogP contribution in [0.3, 0.4) is 0 Å². The molecule has 3 N–H and O–H groups in total. The number of nitriles is 1. The van der Waals surface area contributed by atoms with Gasteiger partial charge >= 0.3 is 0 Å². The molecule has 2 rings (SSSR count). The minimum Gasteiger partial charge on any atom is -0.368 e. The van der Waals surface area contributed by atoms with Crippen LogP contribution in [0.1, 0.15) is 29.7 Å². The second-order valence-corrected chi connectivity index (χ2v) is 4.02. The lowest BCUT2D eigenvalue weighted by molar-refractivity contribution is 0.668. The molecule has 0 bridgehead atoms. The van der Waals surface area contributed by atoms with Crippen LogP contribution in [0.25, 0.3) is 0 Å². The third-order valence-corrected chi connectivity index (χ3v) is 2.86. The van der Waals surface area contributed by atoms with Crippen molar-refractivity contribution in [1.29, 1.82) is 5.26 Å². The van der Waals surface area contributed by atoms with Gasteiger partial charge in [-0.15, -0.1) is 0 Å². The number of pyridine rings is 1. The lowest BCUT2D eigenvalue weighted by Gasteiger charge is -2.17. The van der Waals surface area contributed by atoms with Gasteiger partial charge in [0.1, 0.15) is 11.9 Å². The zero-order valence-corrected chi connectivity index (χ0v) is 9.29. The van der Waals surface area contributed by atoms with E-state index in [-0.39, 0.29) is 0 Å². The molecule has 1 heterocycles. The highest BCUT2D eigenvalue weighted by Gasteiger charge is 2.14. The first-order chi connectivity index (χ1) is 7.85. The van der Waals surface area contributed by atoms with Crippen molar-refractivity contribution in [3.8, 4) is 6.07 Å². The molecule has 1 aliphatic rings. The first kappa shape index (κ1) is 10.9. The number of fused-ring (bicyclic) bond motifs is 1. The molecule has 0 spiro atoms. The molecule has 0 aliphatic heterocycles. The largest absolute Gasteiger partial charge is 0.368 e. The highest BCUT2D eigenvalue weighted by molar-refractivity contribution is 5.54. The Bertz CT molecular complexity index is 420. The molecule has 4 heteroatoms. The molecule has 0 aromatic carbocycles. The summed E-state index contributed by atoms with van der Waals surface area (Å²) in [5, 5.41) is 12.2. The lowest BCUT2D eigenvalue weighted by atomic mass is 9.95. The number of rotatable bonds is 3. The van der Waals surface area contributed by atoms with Gasteiger partial charge in [-0.2, -0.15) is 5.26 Å². The van der Waals surface area contributed by atoms with E-state index in [2.05, 4.69) is 16.4 Å². The summed E-state index contributed by atoms with van der Waals surface area (Å²) in [6.45, 7) is 1.20. The Labute approximate surface area is 95.5 Å². The van der Waals surface area contributed by atoms with E-state index in [0.29, 0.717) is 24.5 Å². The molecule has 0 saturated carbocycles. The van der Waals surface area contributed by atoms with Gasteiger partial charge in [0.2, 0.25) is 0 Å². The molecule has 0 unspecified atom stereocenters. The van der Waals surface area contributed by atoms with Crippen LogP contribution in [0.4, 0.5) is 5.82 Å². The third kappa shape index (κ3) is 2.15. The van der Waals surface area contributed by atoms with Gasteiger partial charge in [-0.3, -0.25) is 0 Å². The molecule has 4 nitrogen and oxygen atoms in total. The van der Waals surface area contributed by atoms with Crippen molar-refractivity contribution in [2.24, 2.45) is 5.73 Å². The number of aryl methyl sites for hydroxylation is 2. The maximum atomic E-state index is 9.06. The molecule has 0 fully saturated rings. The van der Waals surface area contributed by atoms with Gasteiger partial charge in [0.25, 0.3) is 0 Å². The van der Waals surface area contributed by atoms with Crippen molar-refractivity contribution >= 4 is 5.82 Å². The van der Waals surface area contributed by atoms with Crippen LogP contribution in [0, 0.1) is 11.3 Å². The maximum absolute atomic E-state index is 9.06. The van der Waals surface area contributed by atoms with E-state index in [1.54, 1.807) is 0 Å². The van der Waals surface area contributed by atoms with E-state index >= 15 is 0 Å². The molecule has 0 saturated heterocycles. The summed E-state index contributed by atoms with van der Waals surface area (Å²) in [4.78, 5) is 4.53. The van der Waals surface area contributed by atoms with Crippen molar-refractivity contribution < 1.29 is 0 Å². The smallest absolute Gasteiger partial charge is 0.144 e. The monoisotopic (exact) mass is 216 g/mol. The topological polar surface area (TPSA) is 74.7 Å². The predicted molar refractivity (Wildman–Crippen MR) is 63.1 cm³/mol. The van der Waals surface area contributed by atoms with Crippen LogP contribution in [-0.4, -0.2) is 18.1 Å². The Morgan fingerprint density at radius 3 is 3.00 bits per heavy atom. The van der Waals surface area contributed by atoms with E-state index in [0.717, 1.165) is 18.5 Å². The van der Waals surface area contributed by atoms with Gasteiger partial charge in [0.05, 0.1) is 5.56 Å². The maximum Gasteiger partial charge on any atom is 0.144 e. The summed E-state index contributed by atoms with van der Waals surface area (Å²) in [6.07, 6.45) is 4.48. The van der Waals surface area contributed by atoms with Crippen LogP contribution in [0.15, 0.2) is 6.07 Å². The second kappa shape index (κ2) is 4.95. The number of nitrogens with two attached hydrogens (primary N) is 1. The number of aromatic nitrogens is 1. The summed E-state index contributed by atoms with van der Waals surface area (Å²) in [5.41, 5.74) is 8.45. The molecule has 1 aliphatic carbocycles. The molecular formula is C12H16N4. The molecule has 0 radical (unpaired) electrons. The third-order valence-electron chi connectivity index (χ3n) is 2.86. The first-order valence-electron chi connectivity index (χ1n) is 5.72. The van der Waals surface area contributed by atoms with Crippen LogP contribution < -0.4 is 11.1 Å². The van der Waals surface area contributed by atoms with Gasteiger partial charge in [-0.05, 0) is 37.3 Å². The van der Waals surface area contributed by atoms with Gasteiger partial charge in [-0.25, -0.2) is 4.98 Å². The van der Waals surface area contributed by atoms with Gasteiger partial charge < -0.3 is 11.1 Å². The molecule has 0 atom stereocenters. The number of hydrogen-bond donors (Lipinski definition) is 2. The minimum atomic E-state index is 0.545. The van der Waals surface area contributed by atoms with Gasteiger partial charge in [0.15, 0.2) is 0 Å². The standard InChI is InChI=1S/C12H16N4/c13-5-6-15-12-10(8-14)7-9-3-1-2-4-11(9)16-12/h7H,1-6,13H2,(H,15,16). The van der Waals surface area contributed by atoms with Gasteiger partial charge in [0, 0.05) is 18.8 Å². The van der Waals surface area contributed by atoms with Crippen LogP contribution in [0.2, 0.25) is 0 Å². The Morgan fingerprint density at radius 1 is 1.44 bits per heavy atom. The Morgan fingerprint density at radius 2 is 2.25 bits per heavy atom. The highest BCUT2D eigenvalue weighted by Crippen LogP contribution is 2.24. The molecule has 84 valence electrons. The summed E-state index contributed by atoms with van der Waals surface area (Å²) < 4.78 is 0. The highest BCUT2D eigenvalue weighted by atomic mass is 15.0. The SMILES string of the molecule is N#Cc1cc2c(nc1NCCN)CCCC2. The van der Waals surface area contributed by atoms with Crippen molar-refractivity contribution in [2.75, 3.05) is 18.4 Å². The average molecular weight is 216 g/mol. The summed E-state index contributed by atoms with van der Waals surface area (Å²) in [7, 11) is 0. The number of nitrogens with one attached hydrogen (secondary N) is 1. The molecule has 0 amide bonds. The van der Waals surface area contributed by atoms with E-state index in [4.69, 9.17) is 11.0 Å². The Hall–Kier alpha value is -1.60. The number of anilines is 1. The fraction of sp³-hybridized carbons (Fsp3) is 0.500. The fourth-order valence-corrected chi connectivity index (χ4v) is 2.04. The van der Waals surface area contributed by atoms with Crippen molar-refractivity contribution in [3.63, 3.8) is 0 Å². The van der Waals surface area contributed by atoms with Crippen molar-refractivity contribution in [3.05, 3.63) is 22.9 Å². The predicted octanol–water partition coefficient (Wildman–Crippen LogP) is 1.20. The summed E-state index contributed by atoms with van der Waals surface area (Å²) in [6, 6.07) is 4.16. The second-order valence-electron chi connectivity index (χ2n) is 4.02. The Balaban J connectivity index is 2.32. The normalized spacial score (nSPS) is 14.0. The molecule has 16 heavy (non-hydrogen) atoms. The van der Waals surface area contributed by atoms with Crippen molar-refractivity contribution in [2.45, 2.75) is 25.7 Å². The van der Waals surface area contributed by atoms with Crippen LogP contribution in [0.5, 0.6) is 0 Å². The lowest BCUT2D eigenvalue weighted by Crippen LogP contribution is -2.16. The first-order valence-corrected chi connectivity index (χ1v) is 5.72. The zero-order chi connectivity index (χ0) is 11.4. The number of nitrogens with zero attached hydrogens (tertiary/aromatic N) is 2. The molecule has 1 aromatic rings. The fourth-order valence-electron chi connectivity index (χ4n) is 2.04. The van der Waals surface area contributed by atoms with Crippen molar-refractivity contribution in [1.82, 2.24) is 4.98 Å². The van der Waals surface area contributed by atoms with E-state index in [9.17, 15) is 0 Å². The van der Waals surface area contributed by atoms with E-state index in [1.807, 2.05) is 6.07 Å². The zero-order valence-electron chi connectivity index (χ0n) is 9.29. The summed E-state index contributed by atoms with van der Waals surface area (Å²) in [5.74, 6) is 0.689. The van der Waals surface area contributed by atoms with Gasteiger partial charge in [-0.1, -0.05) is 0 Å². The van der Waals surface area contributed by atoms with Crippen LogP contribution in [-0.2, 0) is 12.8 Å². The van der Waals surface area contributed by atoms with E-state index < -0.39 is 0 Å². The number of hydrogen-bond acceptors (Lipinski definition) is 4. The van der Waals surface area contributed by atoms with E-state index in [1.165, 1.54) is 18.4 Å².